The minimum absolute atomic E-state index is 0.0966. The number of hydrogen-bond donors (Lipinski definition) is 1. The molecule has 7 nitrogen and oxygen atoms in total. The molecule has 2 aromatic carbocycles. The summed E-state index contributed by atoms with van der Waals surface area (Å²) in [4.78, 5) is 24.3. The third-order valence-corrected chi connectivity index (χ3v) is 6.58. The molecule has 1 aliphatic rings. The molecule has 0 bridgehead atoms. The zero-order chi connectivity index (χ0) is 20.3. The van der Waals surface area contributed by atoms with Crippen LogP contribution < -0.4 is 9.62 Å². The van der Waals surface area contributed by atoms with Crippen LogP contribution in [0.15, 0.2) is 42.5 Å². The predicted octanol–water partition coefficient (Wildman–Crippen LogP) is 3.31. The maximum absolute atomic E-state index is 12.7. The molecule has 1 amide bonds. The molecule has 1 fully saturated rings. The molecule has 9 heteroatoms. The summed E-state index contributed by atoms with van der Waals surface area (Å²) in [5, 5.41) is 2.91. The Balaban J connectivity index is 1.85. The van der Waals surface area contributed by atoms with Crippen molar-refractivity contribution in [1.29, 1.82) is 0 Å². The maximum Gasteiger partial charge on any atom is 0.337 e. The summed E-state index contributed by atoms with van der Waals surface area (Å²) in [6, 6.07) is 10.8. The molecular formula is C19H19ClN2O5S. The summed E-state index contributed by atoms with van der Waals surface area (Å²) < 4.78 is 30.6. The number of benzene rings is 2. The lowest BCUT2D eigenvalue weighted by molar-refractivity contribution is 0.0600. The van der Waals surface area contributed by atoms with Gasteiger partial charge < -0.3 is 10.1 Å². The Morgan fingerprint density at radius 2 is 1.89 bits per heavy atom. The zero-order valence-corrected chi connectivity index (χ0v) is 16.7. The first kappa shape index (κ1) is 20.2. The summed E-state index contributed by atoms with van der Waals surface area (Å²) in [6.45, 7) is 0.389. The van der Waals surface area contributed by atoms with Crippen molar-refractivity contribution in [1.82, 2.24) is 0 Å². The first-order valence-electron chi connectivity index (χ1n) is 8.61. The second kappa shape index (κ2) is 8.20. The van der Waals surface area contributed by atoms with Crippen LogP contribution >= 0.6 is 11.6 Å². The fraction of sp³-hybridized carbons (Fsp3) is 0.263. The van der Waals surface area contributed by atoms with Crippen LogP contribution in [-0.4, -0.2) is 39.7 Å². The third-order valence-electron chi connectivity index (χ3n) is 4.38. The van der Waals surface area contributed by atoms with Crippen molar-refractivity contribution in [2.24, 2.45) is 0 Å². The largest absolute Gasteiger partial charge is 0.465 e. The van der Waals surface area contributed by atoms with Crippen molar-refractivity contribution in [3.05, 3.63) is 58.6 Å². The molecule has 1 N–H and O–H groups in total. The molecule has 2 aromatic rings. The molecule has 0 atom stereocenters. The zero-order valence-electron chi connectivity index (χ0n) is 15.1. The van der Waals surface area contributed by atoms with E-state index in [0.717, 1.165) is 6.42 Å². The molecule has 1 aliphatic heterocycles. The molecule has 1 saturated heterocycles. The van der Waals surface area contributed by atoms with Gasteiger partial charge in [0.15, 0.2) is 0 Å². The second-order valence-corrected chi connectivity index (χ2v) is 8.71. The van der Waals surface area contributed by atoms with Crippen LogP contribution in [0.5, 0.6) is 0 Å². The smallest absolute Gasteiger partial charge is 0.337 e. The number of methoxy groups -OCH3 is 1. The number of rotatable bonds is 4. The lowest BCUT2D eigenvalue weighted by Gasteiger charge is -2.28. The Morgan fingerprint density at radius 3 is 2.61 bits per heavy atom. The fourth-order valence-corrected chi connectivity index (χ4v) is 4.74. The highest BCUT2D eigenvalue weighted by Gasteiger charge is 2.26. The minimum Gasteiger partial charge on any atom is -0.465 e. The van der Waals surface area contributed by atoms with E-state index in [1.807, 2.05) is 0 Å². The third kappa shape index (κ3) is 4.28. The average molecular weight is 423 g/mol. The van der Waals surface area contributed by atoms with Crippen molar-refractivity contribution in [2.45, 2.75) is 12.8 Å². The van der Waals surface area contributed by atoms with Gasteiger partial charge in [0.2, 0.25) is 10.0 Å². The number of ether oxygens (including phenoxy) is 1. The van der Waals surface area contributed by atoms with E-state index in [0.29, 0.717) is 18.7 Å². The Bertz CT molecular complexity index is 1020. The molecule has 0 saturated carbocycles. The molecule has 0 unspecified atom stereocenters. The van der Waals surface area contributed by atoms with Gasteiger partial charge in [0.25, 0.3) is 5.91 Å². The van der Waals surface area contributed by atoms with Crippen molar-refractivity contribution in [3.63, 3.8) is 0 Å². The molecular weight excluding hydrogens is 404 g/mol. The molecule has 0 radical (unpaired) electrons. The highest BCUT2D eigenvalue weighted by molar-refractivity contribution is 7.92. The van der Waals surface area contributed by atoms with E-state index in [1.165, 1.54) is 35.7 Å². The molecule has 148 valence electrons. The van der Waals surface area contributed by atoms with Crippen molar-refractivity contribution in [3.8, 4) is 0 Å². The number of nitrogens with zero attached hydrogens (tertiary/aromatic N) is 1. The van der Waals surface area contributed by atoms with Crippen molar-refractivity contribution in [2.75, 3.05) is 29.0 Å². The molecule has 3 rings (SSSR count). The average Bonchev–Trinajstić information content (AvgIpc) is 2.68. The highest BCUT2D eigenvalue weighted by Crippen LogP contribution is 2.27. The van der Waals surface area contributed by atoms with Gasteiger partial charge >= 0.3 is 5.97 Å². The summed E-state index contributed by atoms with van der Waals surface area (Å²) in [6.07, 6.45) is 1.40. The number of nitrogens with one attached hydrogen (secondary N) is 1. The normalized spacial score (nSPS) is 15.7. The van der Waals surface area contributed by atoms with Crippen LogP contribution in [0.25, 0.3) is 0 Å². The maximum atomic E-state index is 12.7. The number of halogens is 1. The van der Waals surface area contributed by atoms with Crippen LogP contribution in [0.3, 0.4) is 0 Å². The van der Waals surface area contributed by atoms with E-state index in [2.05, 4.69) is 10.1 Å². The topological polar surface area (TPSA) is 92.8 Å². The molecule has 0 spiro atoms. The van der Waals surface area contributed by atoms with Gasteiger partial charge in [-0.25, -0.2) is 13.2 Å². The monoisotopic (exact) mass is 422 g/mol. The minimum atomic E-state index is -3.37. The van der Waals surface area contributed by atoms with Gasteiger partial charge in [0.1, 0.15) is 0 Å². The van der Waals surface area contributed by atoms with Crippen LogP contribution in [0.2, 0.25) is 5.02 Å². The lowest BCUT2D eigenvalue weighted by atomic mass is 10.1. The SMILES string of the molecule is COC(=O)c1ccc(Cl)c(NC(=O)c2cccc(N3CCCCS3(=O)=O)c2)c1. The summed E-state index contributed by atoms with van der Waals surface area (Å²) >= 11 is 6.11. The van der Waals surface area contributed by atoms with Gasteiger partial charge in [-0.1, -0.05) is 17.7 Å². The number of esters is 1. The van der Waals surface area contributed by atoms with E-state index >= 15 is 0 Å². The Labute approximate surface area is 168 Å². The van der Waals surface area contributed by atoms with Crippen molar-refractivity contribution < 1.29 is 22.7 Å². The molecule has 1 heterocycles. The van der Waals surface area contributed by atoms with E-state index in [1.54, 1.807) is 18.2 Å². The Morgan fingerprint density at radius 1 is 1.11 bits per heavy atom. The number of anilines is 2. The number of amides is 1. The van der Waals surface area contributed by atoms with Crippen LogP contribution in [-0.2, 0) is 14.8 Å². The van der Waals surface area contributed by atoms with Gasteiger partial charge in [-0.2, -0.15) is 0 Å². The highest BCUT2D eigenvalue weighted by atomic mass is 35.5. The lowest BCUT2D eigenvalue weighted by Crippen LogP contribution is -2.37. The fourth-order valence-electron chi connectivity index (χ4n) is 2.94. The van der Waals surface area contributed by atoms with Crippen LogP contribution in [0.4, 0.5) is 11.4 Å². The quantitative estimate of drug-likeness (QED) is 0.763. The van der Waals surface area contributed by atoms with E-state index in [-0.39, 0.29) is 27.6 Å². The number of hydrogen-bond acceptors (Lipinski definition) is 5. The van der Waals surface area contributed by atoms with E-state index in [4.69, 9.17) is 11.6 Å². The second-order valence-electron chi connectivity index (χ2n) is 6.29. The van der Waals surface area contributed by atoms with E-state index in [9.17, 15) is 18.0 Å². The number of sulfonamides is 1. The van der Waals surface area contributed by atoms with Gasteiger partial charge in [-0.15, -0.1) is 0 Å². The van der Waals surface area contributed by atoms with Crippen LogP contribution in [0, 0.1) is 0 Å². The summed E-state index contributed by atoms with van der Waals surface area (Å²) in [5.41, 5.74) is 1.22. The Hall–Kier alpha value is -2.58. The van der Waals surface area contributed by atoms with Gasteiger partial charge in [0.05, 0.1) is 34.8 Å². The number of carbonyl (C=O) groups is 2. The van der Waals surface area contributed by atoms with Gasteiger partial charge in [-0.3, -0.25) is 9.10 Å². The predicted molar refractivity (Wildman–Crippen MR) is 108 cm³/mol. The number of carbonyl (C=O) groups excluding carboxylic acids is 2. The first-order valence-corrected chi connectivity index (χ1v) is 10.6. The molecule has 0 aliphatic carbocycles. The first-order chi connectivity index (χ1) is 13.3. The van der Waals surface area contributed by atoms with Crippen LogP contribution in [0.1, 0.15) is 33.6 Å². The standard InChI is InChI=1S/C19H19ClN2O5S/c1-27-19(24)14-7-8-16(20)17(12-14)21-18(23)13-5-4-6-15(11-13)22-9-2-3-10-28(22,25)26/h4-8,11-12H,2-3,9-10H2,1H3,(H,21,23). The van der Waals surface area contributed by atoms with E-state index < -0.39 is 21.9 Å². The van der Waals surface area contributed by atoms with Gasteiger partial charge in [-0.05, 0) is 49.2 Å². The summed E-state index contributed by atoms with van der Waals surface area (Å²) in [7, 11) is -2.11. The van der Waals surface area contributed by atoms with Gasteiger partial charge in [0, 0.05) is 12.1 Å². The molecule has 28 heavy (non-hydrogen) atoms. The summed E-state index contributed by atoms with van der Waals surface area (Å²) in [5.74, 6) is -0.927. The Kier molecular flexibility index (Phi) is 5.90. The molecule has 0 aromatic heterocycles. The van der Waals surface area contributed by atoms with Crippen molar-refractivity contribution >= 4 is 44.9 Å².